The molecule has 3 amide bonds. The first-order valence-corrected chi connectivity index (χ1v) is 17.3. The highest BCUT2D eigenvalue weighted by atomic mass is 32.2. The first-order valence-electron chi connectivity index (χ1n) is 15.7. The molecule has 0 bridgehead atoms. The number of aliphatic hydroxyl groups is 2. The van der Waals surface area contributed by atoms with Crippen LogP contribution in [0.25, 0.3) is 11.1 Å². The van der Waals surface area contributed by atoms with Gasteiger partial charge >= 0.3 is 0 Å². The van der Waals surface area contributed by atoms with Crippen molar-refractivity contribution in [1.82, 2.24) is 30.4 Å². The predicted molar refractivity (Wildman–Crippen MR) is 182 cm³/mol. The van der Waals surface area contributed by atoms with Gasteiger partial charge in [0.2, 0.25) is 5.91 Å². The Morgan fingerprint density at radius 2 is 1.80 bits per heavy atom. The Balaban J connectivity index is 1.30. The second-order valence-corrected chi connectivity index (χ2v) is 14.3. The number of benzene rings is 1. The molecule has 2 aliphatic rings. The molecule has 1 aliphatic heterocycles. The average molecular weight is 702 g/mol. The number of rotatable bonds is 10. The topological polar surface area (TPSA) is 220 Å². The number of sulfone groups is 1. The van der Waals surface area contributed by atoms with E-state index >= 15 is 0 Å². The molecular weight excluding hydrogens is 666 g/mol. The van der Waals surface area contributed by atoms with E-state index in [0.717, 1.165) is 54.5 Å². The molecule has 3 aromatic heterocycles. The van der Waals surface area contributed by atoms with Crippen LogP contribution in [0.3, 0.4) is 0 Å². The molecule has 5 N–H and O–H groups in total. The standard InChI is InChI=1S/C33H35N9O7S/c1-5-50(48,49)20-11-12-35-26(14-20)33(46,47)42(4)32(45)25-13-19-17-41(3)29-21(22(19)16-36-25)7-6-8-23(29)37-24-15-27(38-30(43)18-9-10-18)39-40-28(24)31(44)34-2/h6-8,11-16,18,46-47H,5,9-10,17H2,1-4H3,(H,34,44)(H2,37,38,39,43). The number of hydrogen-bond donors (Lipinski definition) is 5. The largest absolute Gasteiger partial charge is 0.368 e. The van der Waals surface area contributed by atoms with Crippen LogP contribution in [0.15, 0.2) is 59.8 Å². The van der Waals surface area contributed by atoms with Gasteiger partial charge in [-0.1, -0.05) is 19.1 Å². The molecule has 4 aromatic rings. The number of pyridine rings is 2. The normalized spacial score (nSPS) is 13.9. The number of carbonyl (C=O) groups is 3. The van der Waals surface area contributed by atoms with Crippen LogP contribution in [0.1, 0.15) is 52.0 Å². The Bertz CT molecular complexity index is 2140. The monoisotopic (exact) mass is 701 g/mol. The van der Waals surface area contributed by atoms with Crippen LogP contribution in [0.2, 0.25) is 0 Å². The number of amides is 3. The maximum atomic E-state index is 13.5. The summed E-state index contributed by atoms with van der Waals surface area (Å²) in [6.45, 7) is 1.79. The lowest BCUT2D eigenvalue weighted by atomic mass is 9.93. The minimum absolute atomic E-state index is 0.0279. The summed E-state index contributed by atoms with van der Waals surface area (Å²) < 4.78 is 24.7. The van der Waals surface area contributed by atoms with E-state index in [-0.39, 0.29) is 39.7 Å². The fourth-order valence-corrected chi connectivity index (χ4v) is 6.48. The summed E-state index contributed by atoms with van der Waals surface area (Å²) in [4.78, 5) is 49.3. The van der Waals surface area contributed by atoms with E-state index in [0.29, 0.717) is 22.8 Å². The molecule has 6 rings (SSSR count). The number of anilines is 4. The summed E-state index contributed by atoms with van der Waals surface area (Å²) in [5.74, 6) is -4.48. The quantitative estimate of drug-likeness (QED) is 0.150. The maximum absolute atomic E-state index is 13.5. The molecule has 0 saturated heterocycles. The van der Waals surface area contributed by atoms with Crippen LogP contribution in [-0.2, 0) is 27.1 Å². The highest BCUT2D eigenvalue weighted by molar-refractivity contribution is 7.91. The van der Waals surface area contributed by atoms with Crippen LogP contribution in [0, 0.1) is 5.92 Å². The van der Waals surface area contributed by atoms with E-state index in [9.17, 15) is 33.0 Å². The van der Waals surface area contributed by atoms with Crippen molar-refractivity contribution in [3.05, 3.63) is 77.5 Å². The maximum Gasteiger partial charge on any atom is 0.295 e. The molecular formula is C33H35N9O7S. The van der Waals surface area contributed by atoms with E-state index in [1.54, 1.807) is 12.1 Å². The number of nitrogens with one attached hydrogen (secondary N) is 3. The Hall–Kier alpha value is -5.52. The third kappa shape index (κ3) is 6.45. The zero-order valence-electron chi connectivity index (χ0n) is 27.6. The van der Waals surface area contributed by atoms with Gasteiger partial charge in [-0.2, -0.15) is 0 Å². The number of nitrogens with zero attached hydrogens (tertiary/aromatic N) is 6. The highest BCUT2D eigenvalue weighted by Gasteiger charge is 2.39. The number of fused-ring (bicyclic) bond motifs is 3. The molecule has 1 aromatic carbocycles. The average Bonchev–Trinajstić information content (AvgIpc) is 3.97. The first kappa shape index (κ1) is 34.3. The van der Waals surface area contributed by atoms with Gasteiger partial charge in [-0.3, -0.25) is 29.3 Å². The fraction of sp³-hybridized carbons (Fsp3) is 0.303. The van der Waals surface area contributed by atoms with Gasteiger partial charge in [0.15, 0.2) is 21.3 Å². The molecule has 17 heteroatoms. The van der Waals surface area contributed by atoms with Gasteiger partial charge in [0.05, 0.1) is 27.7 Å². The van der Waals surface area contributed by atoms with Crippen molar-refractivity contribution >= 4 is 50.4 Å². The number of carbonyl (C=O) groups excluding carboxylic acids is 3. The van der Waals surface area contributed by atoms with Crippen LogP contribution >= 0.6 is 0 Å². The molecule has 1 fully saturated rings. The van der Waals surface area contributed by atoms with E-state index < -0.39 is 33.3 Å². The summed E-state index contributed by atoms with van der Waals surface area (Å²) in [5.41, 5.74) is 3.41. The Kier molecular flexibility index (Phi) is 8.98. The minimum atomic E-state index is -3.68. The number of hydrogen-bond acceptors (Lipinski definition) is 13. The van der Waals surface area contributed by atoms with Gasteiger partial charge in [0.1, 0.15) is 11.4 Å². The van der Waals surface area contributed by atoms with Crippen molar-refractivity contribution in [2.24, 2.45) is 5.92 Å². The van der Waals surface area contributed by atoms with Crippen molar-refractivity contribution in [1.29, 1.82) is 0 Å². The van der Waals surface area contributed by atoms with Gasteiger partial charge in [0.25, 0.3) is 17.7 Å². The summed E-state index contributed by atoms with van der Waals surface area (Å²) in [7, 11) is 0.794. The molecule has 0 radical (unpaired) electrons. The van der Waals surface area contributed by atoms with E-state index in [1.807, 2.05) is 30.1 Å². The van der Waals surface area contributed by atoms with Gasteiger partial charge in [-0.05, 0) is 42.7 Å². The summed E-state index contributed by atoms with van der Waals surface area (Å²) >= 11 is 0. The van der Waals surface area contributed by atoms with Gasteiger partial charge in [0, 0.05) is 63.2 Å². The molecule has 16 nitrogen and oxygen atoms in total. The van der Waals surface area contributed by atoms with Crippen molar-refractivity contribution in [2.45, 2.75) is 37.1 Å². The Morgan fingerprint density at radius 3 is 2.50 bits per heavy atom. The fourth-order valence-electron chi connectivity index (χ4n) is 5.59. The molecule has 0 spiro atoms. The minimum Gasteiger partial charge on any atom is -0.368 e. The van der Waals surface area contributed by atoms with Crippen molar-refractivity contribution < 1.29 is 33.0 Å². The summed E-state index contributed by atoms with van der Waals surface area (Å²) in [6, 6.07) is 10.9. The predicted octanol–water partition coefficient (Wildman–Crippen LogP) is 2.00. The zero-order valence-corrected chi connectivity index (χ0v) is 28.4. The van der Waals surface area contributed by atoms with E-state index in [1.165, 1.54) is 26.2 Å². The van der Waals surface area contributed by atoms with Crippen molar-refractivity contribution in [2.75, 3.05) is 42.4 Å². The number of aromatic nitrogens is 4. The lowest BCUT2D eigenvalue weighted by molar-refractivity contribution is -0.251. The second-order valence-electron chi connectivity index (χ2n) is 12.0. The first-order chi connectivity index (χ1) is 23.7. The van der Waals surface area contributed by atoms with Gasteiger partial charge < -0.3 is 31.1 Å². The van der Waals surface area contributed by atoms with Gasteiger partial charge in [-0.25, -0.2) is 8.42 Å². The van der Waals surface area contributed by atoms with Crippen LogP contribution in [0.5, 0.6) is 0 Å². The zero-order chi connectivity index (χ0) is 36.0. The molecule has 0 unspecified atom stereocenters. The lowest BCUT2D eigenvalue weighted by Crippen LogP contribution is -2.48. The van der Waals surface area contributed by atoms with Crippen molar-refractivity contribution in [3.63, 3.8) is 0 Å². The summed E-state index contributed by atoms with van der Waals surface area (Å²) in [5, 5.41) is 38.7. The summed E-state index contributed by atoms with van der Waals surface area (Å²) in [6.07, 6.45) is 4.27. The molecule has 0 atom stereocenters. The molecule has 1 aliphatic carbocycles. The van der Waals surface area contributed by atoms with E-state index in [4.69, 9.17) is 0 Å². The SMILES string of the molecule is CCS(=O)(=O)c1ccnc(C(O)(O)N(C)C(=O)c2cc3c(cn2)-c2cccc(Nc4cc(NC(=O)C5CC5)nnc4C(=O)NC)c2N(C)C3)c1. The van der Waals surface area contributed by atoms with Gasteiger partial charge in [-0.15, -0.1) is 10.2 Å². The molecule has 4 heterocycles. The second kappa shape index (κ2) is 13.1. The van der Waals surface area contributed by atoms with Crippen LogP contribution in [-0.4, -0.2) is 88.3 Å². The van der Waals surface area contributed by atoms with Crippen molar-refractivity contribution in [3.8, 4) is 11.1 Å². The Labute approximate surface area is 287 Å². The van der Waals surface area contributed by atoms with Crippen LogP contribution < -0.4 is 20.9 Å². The third-order valence-electron chi connectivity index (χ3n) is 8.62. The highest BCUT2D eigenvalue weighted by Crippen LogP contribution is 2.44. The number of para-hydroxylation sites is 1. The Morgan fingerprint density at radius 1 is 1.04 bits per heavy atom. The molecule has 50 heavy (non-hydrogen) atoms. The molecule has 260 valence electrons. The molecule has 1 saturated carbocycles. The lowest BCUT2D eigenvalue weighted by Gasteiger charge is -2.33. The third-order valence-corrected chi connectivity index (χ3v) is 10.3. The van der Waals surface area contributed by atoms with E-state index in [2.05, 4.69) is 36.1 Å². The smallest absolute Gasteiger partial charge is 0.295 e. The van der Waals surface area contributed by atoms with Crippen LogP contribution in [0.4, 0.5) is 22.9 Å².